The van der Waals surface area contributed by atoms with E-state index in [1.165, 1.54) is 38.6 Å². The predicted molar refractivity (Wildman–Crippen MR) is 356 cm³/mol. The van der Waals surface area contributed by atoms with Gasteiger partial charge in [0.25, 0.3) is 0 Å². The minimum atomic E-state index is 0.565. The highest BCUT2D eigenvalue weighted by atomic mass is 16.3. The number of rotatable bonds is 11. The summed E-state index contributed by atoms with van der Waals surface area (Å²) in [6.45, 7) is 0. The van der Waals surface area contributed by atoms with Gasteiger partial charge in [-0.05, 0) is 169 Å². The number of fused-ring (bicyclic) bond motifs is 6. The molecule has 16 rings (SSSR count). The Morgan fingerprint density at radius 1 is 0.221 bits per heavy atom. The summed E-state index contributed by atoms with van der Waals surface area (Å²) in [6, 6.07) is 112. The molecule has 3 aromatic heterocycles. The number of furan rings is 1. The number of para-hydroxylation sites is 1. The van der Waals surface area contributed by atoms with E-state index in [-0.39, 0.29) is 0 Å². The van der Waals surface area contributed by atoms with Crippen LogP contribution in [0.15, 0.2) is 320 Å². The number of hydrogen-bond donors (Lipinski definition) is 0. The largest absolute Gasteiger partial charge is 0.456 e. The molecule has 0 unspecified atom stereocenters. The monoisotopic (exact) mass is 1100 g/mol. The lowest BCUT2D eigenvalue weighted by atomic mass is 9.93. The van der Waals surface area contributed by atoms with E-state index in [0.717, 1.165) is 105 Å². The van der Waals surface area contributed by atoms with Crippen molar-refractivity contribution in [2.75, 3.05) is 0 Å². The van der Waals surface area contributed by atoms with Gasteiger partial charge in [-0.25, -0.2) is 15.0 Å². The van der Waals surface area contributed by atoms with E-state index in [1.54, 1.807) is 0 Å². The zero-order valence-electron chi connectivity index (χ0n) is 46.7. The molecule has 0 spiro atoms. The molecular weight excluding hydrogens is 1040 g/mol. The van der Waals surface area contributed by atoms with E-state index < -0.39 is 0 Å². The van der Waals surface area contributed by atoms with Crippen LogP contribution in [0.1, 0.15) is 0 Å². The lowest BCUT2D eigenvalue weighted by Gasteiger charge is -2.13. The van der Waals surface area contributed by atoms with Crippen LogP contribution in [0.25, 0.3) is 161 Å². The first kappa shape index (κ1) is 50.2. The fraction of sp³-hybridized carbons (Fsp3) is 0. The molecule has 5 heteroatoms. The van der Waals surface area contributed by atoms with Gasteiger partial charge in [0, 0.05) is 43.9 Å². The third-order valence-electron chi connectivity index (χ3n) is 16.6. The summed E-state index contributed by atoms with van der Waals surface area (Å²) in [5.41, 5.74) is 23.7. The van der Waals surface area contributed by atoms with Gasteiger partial charge in [0.2, 0.25) is 0 Å². The molecule has 0 aliphatic carbocycles. The van der Waals surface area contributed by atoms with Crippen LogP contribution in [0.3, 0.4) is 0 Å². The molecule has 402 valence electrons. The number of hydrogen-bond acceptors (Lipinski definition) is 4. The standard InChI is InChI=1S/C81H52N4O/c1-6-20-53(21-7-1)63-45-64(54-22-8-2-9-23-54)48-67(47-63)57-36-40-69(41-37-57)85-74-34-17-16-32-70(74)72-51-60(38-42-75(72)85)61-39-43-76-73(52-61)78-71(33-19-35-77(78)86-76)81-83-79(58-28-14-5-15-29-58)82-80(84-81)62-31-18-30-59(44-62)68-49-65(55-24-10-3-11-25-55)46-66(50-68)56-26-12-4-13-27-56/h1-52H. The first-order valence-corrected chi connectivity index (χ1v) is 29.1. The van der Waals surface area contributed by atoms with Crippen LogP contribution in [0, 0.1) is 0 Å². The highest BCUT2D eigenvalue weighted by Crippen LogP contribution is 2.42. The Bertz CT molecular complexity index is 5070. The average Bonchev–Trinajstić information content (AvgIpc) is 2.10. The Morgan fingerprint density at radius 3 is 1.17 bits per heavy atom. The van der Waals surface area contributed by atoms with E-state index in [0.29, 0.717) is 17.5 Å². The van der Waals surface area contributed by atoms with Crippen LogP contribution in [0.2, 0.25) is 0 Å². The summed E-state index contributed by atoms with van der Waals surface area (Å²) in [7, 11) is 0. The lowest BCUT2D eigenvalue weighted by Crippen LogP contribution is -2.00. The van der Waals surface area contributed by atoms with Crippen molar-refractivity contribution in [3.05, 3.63) is 315 Å². The highest BCUT2D eigenvalue weighted by molar-refractivity contribution is 6.14. The third-order valence-corrected chi connectivity index (χ3v) is 16.6. The van der Waals surface area contributed by atoms with Crippen LogP contribution in [-0.4, -0.2) is 19.5 Å². The maximum Gasteiger partial charge on any atom is 0.164 e. The van der Waals surface area contributed by atoms with Crippen molar-refractivity contribution in [1.29, 1.82) is 0 Å². The minimum Gasteiger partial charge on any atom is -0.456 e. The zero-order chi connectivity index (χ0) is 56.9. The Kier molecular flexibility index (Phi) is 12.5. The highest BCUT2D eigenvalue weighted by Gasteiger charge is 2.21. The van der Waals surface area contributed by atoms with Crippen molar-refractivity contribution >= 4 is 43.7 Å². The van der Waals surface area contributed by atoms with Crippen LogP contribution in [-0.2, 0) is 0 Å². The molecule has 13 aromatic carbocycles. The molecule has 3 heterocycles. The second-order valence-corrected chi connectivity index (χ2v) is 21.9. The van der Waals surface area contributed by atoms with Crippen molar-refractivity contribution in [1.82, 2.24) is 19.5 Å². The maximum absolute atomic E-state index is 6.68. The molecule has 0 aliphatic heterocycles. The SMILES string of the molecule is c1ccc(-c2cc(-c3ccccc3)cc(-c3ccc(-n4c5ccccc5c5cc(-c6ccc7oc8cccc(-c9nc(-c%10ccccc%10)nc(-c%10cccc(-c%11cc(-c%12ccccc%12)cc(-c%12ccccc%12)c%11)c%10)n9)c8c7c6)ccc54)cc3)c2)cc1. The number of nitrogens with zero attached hydrogens (tertiary/aromatic N) is 4. The van der Waals surface area contributed by atoms with E-state index in [4.69, 9.17) is 19.4 Å². The molecule has 0 saturated carbocycles. The lowest BCUT2D eigenvalue weighted by molar-refractivity contribution is 0.669. The van der Waals surface area contributed by atoms with Gasteiger partial charge in [0.15, 0.2) is 17.5 Å². The average molecular weight is 1100 g/mol. The topological polar surface area (TPSA) is 56.7 Å². The van der Waals surface area contributed by atoms with Crippen molar-refractivity contribution in [3.8, 4) is 118 Å². The van der Waals surface area contributed by atoms with Crippen molar-refractivity contribution in [2.45, 2.75) is 0 Å². The van der Waals surface area contributed by atoms with E-state index in [9.17, 15) is 0 Å². The summed E-state index contributed by atoms with van der Waals surface area (Å²) in [6.07, 6.45) is 0. The summed E-state index contributed by atoms with van der Waals surface area (Å²) in [5.74, 6) is 1.74. The molecule has 86 heavy (non-hydrogen) atoms. The molecule has 0 aliphatic rings. The van der Waals surface area contributed by atoms with Crippen LogP contribution in [0.4, 0.5) is 0 Å². The summed E-state index contributed by atoms with van der Waals surface area (Å²) in [5, 5.41) is 4.30. The van der Waals surface area contributed by atoms with Crippen molar-refractivity contribution in [3.63, 3.8) is 0 Å². The van der Waals surface area contributed by atoms with Crippen LogP contribution >= 0.6 is 0 Å². The second-order valence-electron chi connectivity index (χ2n) is 21.9. The maximum atomic E-state index is 6.68. The molecule has 0 amide bonds. The third kappa shape index (κ3) is 9.30. The Labute approximate surface area is 498 Å². The second kappa shape index (κ2) is 21.3. The molecule has 0 N–H and O–H groups in total. The van der Waals surface area contributed by atoms with Gasteiger partial charge in [-0.3, -0.25) is 0 Å². The molecule has 0 radical (unpaired) electrons. The van der Waals surface area contributed by atoms with E-state index in [1.807, 2.05) is 30.3 Å². The number of aromatic nitrogens is 4. The number of benzene rings is 13. The van der Waals surface area contributed by atoms with Gasteiger partial charge < -0.3 is 8.98 Å². The van der Waals surface area contributed by atoms with Gasteiger partial charge in [-0.1, -0.05) is 224 Å². The molecule has 0 fully saturated rings. The molecule has 0 saturated heterocycles. The van der Waals surface area contributed by atoms with Gasteiger partial charge in [0.05, 0.1) is 11.0 Å². The Balaban J connectivity index is 0.776. The zero-order valence-corrected chi connectivity index (χ0v) is 46.7. The Hall–Kier alpha value is -11.5. The van der Waals surface area contributed by atoms with Crippen molar-refractivity contribution < 1.29 is 4.42 Å². The minimum absolute atomic E-state index is 0.565. The molecule has 16 aromatic rings. The van der Waals surface area contributed by atoms with Crippen LogP contribution < -0.4 is 0 Å². The predicted octanol–water partition coefficient (Wildman–Crippen LogP) is 21.5. The molecule has 0 bridgehead atoms. The molecule has 5 nitrogen and oxygen atoms in total. The van der Waals surface area contributed by atoms with E-state index in [2.05, 4.69) is 290 Å². The van der Waals surface area contributed by atoms with Crippen molar-refractivity contribution in [2.24, 2.45) is 0 Å². The molecule has 0 atom stereocenters. The normalized spacial score (nSPS) is 11.5. The molecular formula is C81H52N4O. The fourth-order valence-electron chi connectivity index (χ4n) is 12.4. The Morgan fingerprint density at radius 2 is 0.605 bits per heavy atom. The fourth-order valence-corrected chi connectivity index (χ4v) is 12.4. The van der Waals surface area contributed by atoms with Gasteiger partial charge >= 0.3 is 0 Å². The summed E-state index contributed by atoms with van der Waals surface area (Å²) >= 11 is 0. The first-order chi connectivity index (χ1) is 42.6. The van der Waals surface area contributed by atoms with Crippen LogP contribution in [0.5, 0.6) is 0 Å². The van der Waals surface area contributed by atoms with Gasteiger partial charge in [-0.2, -0.15) is 0 Å². The smallest absolute Gasteiger partial charge is 0.164 e. The van der Waals surface area contributed by atoms with E-state index >= 15 is 0 Å². The summed E-state index contributed by atoms with van der Waals surface area (Å²) < 4.78 is 9.07. The van der Waals surface area contributed by atoms with Gasteiger partial charge in [0.1, 0.15) is 11.2 Å². The quantitative estimate of drug-likeness (QED) is 0.130. The summed E-state index contributed by atoms with van der Waals surface area (Å²) in [4.78, 5) is 15.8. The van der Waals surface area contributed by atoms with Gasteiger partial charge in [-0.15, -0.1) is 0 Å². The first-order valence-electron chi connectivity index (χ1n) is 29.1.